The second-order valence-corrected chi connectivity index (χ2v) is 4.14. The molecular formula is C20H28. The predicted octanol–water partition coefficient (Wildman–Crippen LogP) is 6.67. The van der Waals surface area contributed by atoms with E-state index in [2.05, 4.69) is 62.9 Å². The highest BCUT2D eigenvalue weighted by atomic mass is 14.0. The average molecular weight is 268 g/mol. The predicted molar refractivity (Wildman–Crippen MR) is 94.1 cm³/mol. The van der Waals surface area contributed by atoms with Gasteiger partial charge in [-0.1, -0.05) is 88.4 Å². The van der Waals surface area contributed by atoms with Gasteiger partial charge in [-0.3, -0.25) is 0 Å². The van der Waals surface area contributed by atoms with Gasteiger partial charge in [-0.25, -0.2) is 0 Å². The van der Waals surface area contributed by atoms with E-state index in [1.165, 1.54) is 27.8 Å². The first-order chi connectivity index (χ1) is 9.70. The number of aryl methyl sites for hydroxylation is 2. The third-order valence-corrected chi connectivity index (χ3v) is 2.87. The van der Waals surface area contributed by atoms with Crippen LogP contribution in [-0.4, -0.2) is 0 Å². The van der Waals surface area contributed by atoms with Gasteiger partial charge in [0.15, 0.2) is 0 Å². The molecule has 0 aliphatic rings. The van der Waals surface area contributed by atoms with Crippen molar-refractivity contribution in [1.82, 2.24) is 0 Å². The van der Waals surface area contributed by atoms with Crippen LogP contribution in [0, 0.1) is 13.8 Å². The summed E-state index contributed by atoms with van der Waals surface area (Å²) >= 11 is 0. The Balaban J connectivity index is 0.000000829. The van der Waals surface area contributed by atoms with Crippen LogP contribution in [0.4, 0.5) is 0 Å². The zero-order valence-electron chi connectivity index (χ0n) is 13.8. The molecule has 0 aliphatic heterocycles. The molecule has 0 nitrogen and oxygen atoms in total. The van der Waals surface area contributed by atoms with Crippen LogP contribution in [-0.2, 0) is 0 Å². The SMILES string of the molecule is C=Cc1ccc(-c2ccc(C)cc2)cc1C.CC.CC. The largest absolute Gasteiger partial charge is 0.0985 e. The molecule has 0 heteroatoms. The van der Waals surface area contributed by atoms with Crippen molar-refractivity contribution in [3.63, 3.8) is 0 Å². The second kappa shape index (κ2) is 10.0. The highest BCUT2D eigenvalue weighted by Gasteiger charge is 1.99. The minimum atomic E-state index is 1.20. The molecule has 0 spiro atoms. The van der Waals surface area contributed by atoms with E-state index in [1.807, 2.05) is 33.8 Å². The van der Waals surface area contributed by atoms with E-state index in [1.54, 1.807) is 0 Å². The van der Waals surface area contributed by atoms with Crippen molar-refractivity contribution in [2.75, 3.05) is 0 Å². The molecule has 0 unspecified atom stereocenters. The summed E-state index contributed by atoms with van der Waals surface area (Å²) in [7, 11) is 0. The van der Waals surface area contributed by atoms with Gasteiger partial charge in [-0.2, -0.15) is 0 Å². The van der Waals surface area contributed by atoms with Gasteiger partial charge in [-0.05, 0) is 36.1 Å². The maximum Gasteiger partial charge on any atom is -0.0181 e. The zero-order valence-corrected chi connectivity index (χ0v) is 13.8. The Labute approximate surface area is 125 Å². The molecular weight excluding hydrogens is 240 g/mol. The quantitative estimate of drug-likeness (QED) is 0.571. The smallest absolute Gasteiger partial charge is 0.0181 e. The van der Waals surface area contributed by atoms with Crippen molar-refractivity contribution >= 4 is 6.08 Å². The first kappa shape index (κ1) is 18.2. The van der Waals surface area contributed by atoms with Gasteiger partial charge < -0.3 is 0 Å². The van der Waals surface area contributed by atoms with Crippen molar-refractivity contribution in [1.29, 1.82) is 0 Å². The highest BCUT2D eigenvalue weighted by molar-refractivity contribution is 5.67. The third-order valence-electron chi connectivity index (χ3n) is 2.87. The van der Waals surface area contributed by atoms with E-state index in [4.69, 9.17) is 0 Å². The Morgan fingerprint density at radius 1 is 0.750 bits per heavy atom. The molecule has 0 aromatic heterocycles. The van der Waals surface area contributed by atoms with Crippen molar-refractivity contribution in [2.24, 2.45) is 0 Å². The Morgan fingerprint density at radius 3 is 1.70 bits per heavy atom. The molecule has 0 bridgehead atoms. The van der Waals surface area contributed by atoms with E-state index in [9.17, 15) is 0 Å². The van der Waals surface area contributed by atoms with Gasteiger partial charge in [0.1, 0.15) is 0 Å². The Hall–Kier alpha value is -1.82. The lowest BCUT2D eigenvalue weighted by Crippen LogP contribution is -1.83. The lowest BCUT2D eigenvalue weighted by Gasteiger charge is -2.06. The fourth-order valence-electron chi connectivity index (χ4n) is 1.83. The zero-order chi connectivity index (χ0) is 15.5. The molecule has 0 saturated heterocycles. The van der Waals surface area contributed by atoms with Crippen LogP contribution in [0.2, 0.25) is 0 Å². The normalized spacial score (nSPS) is 8.70. The molecule has 2 aromatic rings. The number of benzene rings is 2. The fourth-order valence-corrected chi connectivity index (χ4v) is 1.83. The fraction of sp³-hybridized carbons (Fsp3) is 0.300. The van der Waals surface area contributed by atoms with Gasteiger partial charge in [-0.15, -0.1) is 0 Å². The lowest BCUT2D eigenvalue weighted by atomic mass is 9.99. The van der Waals surface area contributed by atoms with Crippen molar-refractivity contribution in [3.05, 3.63) is 65.7 Å². The molecule has 2 rings (SSSR count). The second-order valence-electron chi connectivity index (χ2n) is 4.14. The van der Waals surface area contributed by atoms with Gasteiger partial charge in [0, 0.05) is 0 Å². The van der Waals surface area contributed by atoms with Crippen LogP contribution in [0.15, 0.2) is 49.0 Å². The third kappa shape index (κ3) is 5.05. The van der Waals surface area contributed by atoms with Crippen LogP contribution in [0.5, 0.6) is 0 Å². The Morgan fingerprint density at radius 2 is 1.25 bits per heavy atom. The number of rotatable bonds is 2. The summed E-state index contributed by atoms with van der Waals surface area (Å²) in [6, 6.07) is 15.1. The Kier molecular flexibility index (Phi) is 9.11. The molecule has 0 amide bonds. The van der Waals surface area contributed by atoms with E-state index >= 15 is 0 Å². The molecule has 0 heterocycles. The van der Waals surface area contributed by atoms with E-state index in [-0.39, 0.29) is 0 Å². The van der Waals surface area contributed by atoms with Crippen LogP contribution >= 0.6 is 0 Å². The van der Waals surface area contributed by atoms with Crippen LogP contribution < -0.4 is 0 Å². The van der Waals surface area contributed by atoms with Crippen LogP contribution in [0.1, 0.15) is 44.4 Å². The summed E-state index contributed by atoms with van der Waals surface area (Å²) in [6.07, 6.45) is 1.90. The summed E-state index contributed by atoms with van der Waals surface area (Å²) in [5.74, 6) is 0. The van der Waals surface area contributed by atoms with Crippen molar-refractivity contribution in [2.45, 2.75) is 41.5 Å². The minimum Gasteiger partial charge on any atom is -0.0985 e. The summed E-state index contributed by atoms with van der Waals surface area (Å²) in [6.45, 7) is 16.0. The minimum absolute atomic E-state index is 1.20. The van der Waals surface area contributed by atoms with Crippen molar-refractivity contribution < 1.29 is 0 Å². The average Bonchev–Trinajstić information content (AvgIpc) is 2.52. The summed E-state index contributed by atoms with van der Waals surface area (Å²) in [5, 5.41) is 0. The highest BCUT2D eigenvalue weighted by Crippen LogP contribution is 2.23. The van der Waals surface area contributed by atoms with Crippen LogP contribution in [0.25, 0.3) is 17.2 Å². The molecule has 20 heavy (non-hydrogen) atoms. The Bertz CT molecular complexity index is 504. The van der Waals surface area contributed by atoms with Gasteiger partial charge in [0.25, 0.3) is 0 Å². The summed E-state index contributed by atoms with van der Waals surface area (Å²) < 4.78 is 0. The molecule has 2 aromatic carbocycles. The van der Waals surface area contributed by atoms with Gasteiger partial charge in [0.05, 0.1) is 0 Å². The van der Waals surface area contributed by atoms with Crippen molar-refractivity contribution in [3.8, 4) is 11.1 Å². The molecule has 0 saturated carbocycles. The maximum absolute atomic E-state index is 3.81. The maximum atomic E-state index is 3.81. The summed E-state index contributed by atoms with van der Waals surface area (Å²) in [4.78, 5) is 0. The first-order valence-electron chi connectivity index (χ1n) is 7.51. The molecule has 108 valence electrons. The summed E-state index contributed by atoms with van der Waals surface area (Å²) in [5.41, 5.74) is 6.31. The molecule has 0 N–H and O–H groups in total. The van der Waals surface area contributed by atoms with Gasteiger partial charge in [0.2, 0.25) is 0 Å². The number of hydrogen-bond acceptors (Lipinski definition) is 0. The standard InChI is InChI=1S/C16H16.2C2H6/c1-4-14-9-10-16(11-13(14)3)15-7-5-12(2)6-8-15;2*1-2/h4-11H,1H2,2-3H3;2*1-2H3. The van der Waals surface area contributed by atoms with E-state index in [0.29, 0.717) is 0 Å². The topological polar surface area (TPSA) is 0 Å². The van der Waals surface area contributed by atoms with E-state index < -0.39 is 0 Å². The molecule has 0 fully saturated rings. The lowest BCUT2D eigenvalue weighted by molar-refractivity contribution is 1.43. The molecule has 0 aliphatic carbocycles. The first-order valence-corrected chi connectivity index (χ1v) is 7.51. The van der Waals surface area contributed by atoms with Gasteiger partial charge >= 0.3 is 0 Å². The molecule has 0 radical (unpaired) electrons. The molecule has 0 atom stereocenters. The monoisotopic (exact) mass is 268 g/mol. The number of hydrogen-bond donors (Lipinski definition) is 0. The van der Waals surface area contributed by atoms with E-state index in [0.717, 1.165) is 0 Å². The van der Waals surface area contributed by atoms with Crippen LogP contribution in [0.3, 0.4) is 0 Å².